The Labute approximate surface area is 249 Å². The molecule has 1 amide bonds. The van der Waals surface area contributed by atoms with Crippen LogP contribution in [-0.4, -0.2) is 36.1 Å². The van der Waals surface area contributed by atoms with Crippen molar-refractivity contribution in [3.8, 4) is 5.75 Å². The molecule has 0 bridgehead atoms. The molecule has 0 aliphatic carbocycles. The molecular formula is C32H27N3O7S. The minimum atomic E-state index is -0.893. The first-order valence-corrected chi connectivity index (χ1v) is 14.6. The third-order valence-electron chi connectivity index (χ3n) is 7.42. The number of hydrogen-bond donors (Lipinski definition) is 0. The number of carbonyl (C=O) groups is 3. The first kappa shape index (κ1) is 28.1. The maximum absolute atomic E-state index is 14.2. The fraction of sp³-hybridized carbons (Fsp3) is 0.219. The number of methoxy groups -OCH3 is 1. The van der Waals surface area contributed by atoms with E-state index in [0.29, 0.717) is 33.7 Å². The Hall–Kier alpha value is -5.03. The summed E-state index contributed by atoms with van der Waals surface area (Å²) in [6.07, 6.45) is 3.11. The van der Waals surface area contributed by atoms with Crippen molar-refractivity contribution in [2.45, 2.75) is 32.7 Å². The van der Waals surface area contributed by atoms with Crippen LogP contribution in [-0.2, 0) is 14.3 Å². The molecule has 4 aromatic rings. The van der Waals surface area contributed by atoms with E-state index in [0.717, 1.165) is 29.9 Å². The van der Waals surface area contributed by atoms with E-state index in [1.54, 1.807) is 42.2 Å². The zero-order valence-corrected chi connectivity index (χ0v) is 24.5. The summed E-state index contributed by atoms with van der Waals surface area (Å²) < 4.78 is 17.3. The Morgan fingerprint density at radius 3 is 2.49 bits per heavy atom. The van der Waals surface area contributed by atoms with Crippen LogP contribution in [0, 0.1) is 0 Å². The van der Waals surface area contributed by atoms with Gasteiger partial charge in [0.2, 0.25) is 5.76 Å². The Bertz CT molecular complexity index is 1970. The number of rotatable bonds is 7. The topological polar surface area (TPSA) is 120 Å². The minimum Gasteiger partial charge on any atom is -0.466 e. The third kappa shape index (κ3) is 4.81. The molecule has 0 N–H and O–H groups in total. The maximum Gasteiger partial charge on any atom is 0.379 e. The molecule has 2 aliphatic heterocycles. The molecule has 10 nitrogen and oxygen atoms in total. The van der Waals surface area contributed by atoms with Gasteiger partial charge < -0.3 is 18.8 Å². The summed E-state index contributed by atoms with van der Waals surface area (Å²) in [5, 5.41) is 0. The number of aromatic nitrogens is 1. The van der Waals surface area contributed by atoms with Crippen LogP contribution in [0.1, 0.15) is 54.4 Å². The van der Waals surface area contributed by atoms with Gasteiger partial charge in [0.1, 0.15) is 10.3 Å². The standard InChI is InChI=1S/C32H27N3O7S/c1-4-5-16-34-22-10-7-6-9-21(22)25(28(34)36)27-29(37)35-26(24(31(39)40-3)18(2)33-32(35)43-27)19-12-14-20(15-13-19)42-30(38)23-11-8-17-41-23/h6-15,17,26H,4-5,16H2,1-3H3/b27-25+. The molecule has 0 spiro atoms. The first-order chi connectivity index (χ1) is 20.8. The number of carbonyl (C=O) groups excluding carboxylic acids is 3. The molecule has 6 rings (SSSR count). The highest BCUT2D eigenvalue weighted by atomic mass is 32.1. The average molecular weight is 598 g/mol. The molecule has 0 radical (unpaired) electrons. The molecule has 4 heterocycles. The van der Waals surface area contributed by atoms with Crippen molar-refractivity contribution in [1.29, 1.82) is 0 Å². The van der Waals surface area contributed by atoms with Crippen molar-refractivity contribution < 1.29 is 28.3 Å². The van der Waals surface area contributed by atoms with Crippen LogP contribution in [0.15, 0.2) is 92.4 Å². The van der Waals surface area contributed by atoms with Crippen LogP contribution in [0.25, 0.3) is 5.57 Å². The van der Waals surface area contributed by atoms with E-state index in [-0.39, 0.29) is 27.5 Å². The van der Waals surface area contributed by atoms with Gasteiger partial charge in [-0.05, 0) is 49.2 Å². The van der Waals surface area contributed by atoms with E-state index in [9.17, 15) is 19.2 Å². The normalized spacial score (nSPS) is 17.0. The van der Waals surface area contributed by atoms with Crippen molar-refractivity contribution in [3.63, 3.8) is 0 Å². The van der Waals surface area contributed by atoms with Gasteiger partial charge in [-0.2, -0.15) is 0 Å². The van der Waals surface area contributed by atoms with Crippen LogP contribution in [0.5, 0.6) is 5.75 Å². The van der Waals surface area contributed by atoms with E-state index in [1.807, 2.05) is 24.3 Å². The third-order valence-corrected chi connectivity index (χ3v) is 8.47. The SMILES string of the molecule is CCCCN1C(=O)/C(=c2/sc3n(c2=O)C(c2ccc(OC(=O)c4ccco4)cc2)C(C(=O)OC)=C(C)N=3)c2ccccc21. The van der Waals surface area contributed by atoms with E-state index < -0.39 is 23.5 Å². The maximum atomic E-state index is 14.2. The number of para-hydroxylation sites is 1. The van der Waals surface area contributed by atoms with Crippen molar-refractivity contribution >= 4 is 40.4 Å². The summed E-state index contributed by atoms with van der Waals surface area (Å²) in [5.74, 6) is -1.22. The lowest BCUT2D eigenvalue weighted by atomic mass is 9.96. The van der Waals surface area contributed by atoms with Crippen molar-refractivity contribution in [2.75, 3.05) is 18.6 Å². The van der Waals surface area contributed by atoms with Crippen LogP contribution in [0.2, 0.25) is 0 Å². The molecule has 2 aromatic carbocycles. The summed E-state index contributed by atoms with van der Waals surface area (Å²) in [4.78, 5) is 60.1. The monoisotopic (exact) mass is 597 g/mol. The van der Waals surface area contributed by atoms with Crippen molar-refractivity contribution in [3.05, 3.63) is 115 Å². The second kappa shape index (κ2) is 11.3. The number of anilines is 1. The van der Waals surface area contributed by atoms with Gasteiger partial charge >= 0.3 is 11.9 Å². The number of esters is 2. The van der Waals surface area contributed by atoms with Gasteiger partial charge in [-0.25, -0.2) is 14.6 Å². The lowest BCUT2D eigenvalue weighted by molar-refractivity contribution is -0.136. The number of furan rings is 1. The molecule has 0 saturated carbocycles. The predicted molar refractivity (Wildman–Crippen MR) is 159 cm³/mol. The number of benzene rings is 2. The van der Waals surface area contributed by atoms with Gasteiger partial charge in [-0.3, -0.25) is 14.2 Å². The number of allylic oxidation sites excluding steroid dienone is 1. The molecular weight excluding hydrogens is 570 g/mol. The molecule has 1 unspecified atom stereocenters. The minimum absolute atomic E-state index is 0.0558. The van der Waals surface area contributed by atoms with Crippen LogP contribution in [0.3, 0.4) is 0 Å². The molecule has 2 aliphatic rings. The molecule has 0 fully saturated rings. The van der Waals surface area contributed by atoms with E-state index in [4.69, 9.17) is 13.9 Å². The lowest BCUT2D eigenvalue weighted by Crippen LogP contribution is -2.40. The van der Waals surface area contributed by atoms with E-state index in [1.165, 1.54) is 24.0 Å². The number of thiazole rings is 1. The second-order valence-electron chi connectivity index (χ2n) is 10.0. The largest absolute Gasteiger partial charge is 0.466 e. The average Bonchev–Trinajstić information content (AvgIpc) is 3.72. The molecule has 0 saturated heterocycles. The quantitative estimate of drug-likeness (QED) is 0.235. The van der Waals surface area contributed by atoms with Crippen molar-refractivity contribution in [2.24, 2.45) is 4.99 Å². The highest BCUT2D eigenvalue weighted by molar-refractivity contribution is 7.07. The number of unbranched alkanes of at least 4 members (excludes halogenated alkanes) is 1. The summed E-state index contributed by atoms with van der Waals surface area (Å²) in [7, 11) is 1.27. The number of hydrogen-bond acceptors (Lipinski definition) is 9. The number of amides is 1. The zero-order chi connectivity index (χ0) is 30.2. The lowest BCUT2D eigenvalue weighted by Gasteiger charge is -2.24. The van der Waals surface area contributed by atoms with Gasteiger partial charge in [-0.1, -0.05) is 55.0 Å². The Morgan fingerprint density at radius 1 is 1.02 bits per heavy atom. The van der Waals surface area contributed by atoms with Crippen molar-refractivity contribution in [1.82, 2.24) is 4.57 Å². The highest BCUT2D eigenvalue weighted by Crippen LogP contribution is 2.36. The Morgan fingerprint density at radius 2 is 1.79 bits per heavy atom. The number of nitrogens with zero attached hydrogens (tertiary/aromatic N) is 3. The smallest absolute Gasteiger partial charge is 0.379 e. The summed E-state index contributed by atoms with van der Waals surface area (Å²) in [6, 6.07) is 16.1. The Balaban J connectivity index is 1.49. The molecule has 1 atom stereocenters. The van der Waals surface area contributed by atoms with E-state index >= 15 is 0 Å². The van der Waals surface area contributed by atoms with Gasteiger partial charge in [0.05, 0.1) is 41.9 Å². The van der Waals surface area contributed by atoms with Crippen LogP contribution in [0.4, 0.5) is 5.69 Å². The molecule has 43 heavy (non-hydrogen) atoms. The number of fused-ring (bicyclic) bond motifs is 2. The predicted octanol–water partition coefficient (Wildman–Crippen LogP) is 3.74. The van der Waals surface area contributed by atoms with Gasteiger partial charge in [-0.15, -0.1) is 0 Å². The van der Waals surface area contributed by atoms with Crippen LogP contribution < -0.4 is 24.5 Å². The highest BCUT2D eigenvalue weighted by Gasteiger charge is 2.37. The number of ether oxygens (including phenoxy) is 2. The second-order valence-corrected chi connectivity index (χ2v) is 11.0. The summed E-state index contributed by atoms with van der Waals surface area (Å²) in [5.41, 5.74) is 2.50. The summed E-state index contributed by atoms with van der Waals surface area (Å²) in [6.45, 7) is 4.28. The van der Waals surface area contributed by atoms with E-state index in [2.05, 4.69) is 11.9 Å². The zero-order valence-electron chi connectivity index (χ0n) is 23.7. The Kier molecular flexibility index (Phi) is 7.41. The molecule has 2 aromatic heterocycles. The molecule has 11 heteroatoms. The van der Waals surface area contributed by atoms with Gasteiger partial charge in [0.15, 0.2) is 4.80 Å². The van der Waals surface area contributed by atoms with Gasteiger partial charge in [0, 0.05) is 12.1 Å². The molecule has 218 valence electrons. The fourth-order valence-corrected chi connectivity index (χ4v) is 6.50. The van der Waals surface area contributed by atoms with Crippen LogP contribution >= 0.6 is 11.3 Å². The van der Waals surface area contributed by atoms with Gasteiger partial charge in [0.25, 0.3) is 11.5 Å². The fourth-order valence-electron chi connectivity index (χ4n) is 5.37. The first-order valence-electron chi connectivity index (χ1n) is 13.7. The summed E-state index contributed by atoms with van der Waals surface area (Å²) >= 11 is 1.12.